The number of hydrogen-bond donors (Lipinski definition) is 0. The smallest absolute Gasteiger partial charge is 0.230 e. The van der Waals surface area contributed by atoms with Crippen molar-refractivity contribution in [3.63, 3.8) is 0 Å². The van der Waals surface area contributed by atoms with Crippen LogP contribution in [0.25, 0.3) is 0 Å². The van der Waals surface area contributed by atoms with Gasteiger partial charge in [0, 0.05) is 11.9 Å². The Hall–Kier alpha value is -2.92. The van der Waals surface area contributed by atoms with Crippen molar-refractivity contribution in [3.8, 4) is 0 Å². The van der Waals surface area contributed by atoms with Gasteiger partial charge in [0.25, 0.3) is 0 Å². The van der Waals surface area contributed by atoms with E-state index < -0.39 is 29.5 Å². The fourth-order valence-corrected chi connectivity index (χ4v) is 4.84. The SMILES string of the molecule is O=C([O-])[C@H]1[C@@H]2C=C[C@]3(CN(C(c4ccccc4)c4ccccc4)C(=O)[C@H]13)O2. The number of amides is 1. The Morgan fingerprint density at radius 1 is 1.07 bits per heavy atom. The summed E-state index contributed by atoms with van der Waals surface area (Å²) in [5, 5.41) is 11.7. The Morgan fingerprint density at radius 2 is 1.67 bits per heavy atom. The second-order valence-corrected chi connectivity index (χ2v) is 7.41. The van der Waals surface area contributed by atoms with Gasteiger partial charge >= 0.3 is 0 Å². The van der Waals surface area contributed by atoms with E-state index in [0.717, 1.165) is 11.1 Å². The van der Waals surface area contributed by atoms with Crippen molar-refractivity contribution in [2.75, 3.05) is 6.54 Å². The van der Waals surface area contributed by atoms with E-state index in [-0.39, 0.29) is 11.9 Å². The molecule has 2 aromatic rings. The first-order chi connectivity index (χ1) is 13.1. The average molecular weight is 360 g/mol. The Kier molecular flexibility index (Phi) is 3.49. The molecule has 1 amide bonds. The molecule has 4 atom stereocenters. The first-order valence-electron chi connectivity index (χ1n) is 9.09. The van der Waals surface area contributed by atoms with E-state index in [1.165, 1.54) is 0 Å². The highest BCUT2D eigenvalue weighted by Gasteiger charge is 2.66. The zero-order valence-corrected chi connectivity index (χ0v) is 14.5. The molecule has 2 bridgehead atoms. The maximum Gasteiger partial charge on any atom is 0.230 e. The fraction of sp³-hybridized carbons (Fsp3) is 0.273. The molecule has 136 valence electrons. The lowest BCUT2D eigenvalue weighted by Gasteiger charge is -2.31. The van der Waals surface area contributed by atoms with Gasteiger partial charge in [0.15, 0.2) is 0 Å². The molecule has 5 nitrogen and oxygen atoms in total. The molecule has 2 saturated heterocycles. The number of carboxylic acid groups (broad SMARTS) is 1. The summed E-state index contributed by atoms with van der Waals surface area (Å²) in [5.41, 5.74) is 1.10. The highest BCUT2D eigenvalue weighted by molar-refractivity contribution is 5.90. The number of ether oxygens (including phenoxy) is 1. The number of carboxylic acids is 1. The van der Waals surface area contributed by atoms with Gasteiger partial charge in [-0.3, -0.25) is 4.79 Å². The number of carbonyl (C=O) groups excluding carboxylic acids is 2. The number of nitrogens with zero attached hydrogens (tertiary/aromatic N) is 1. The molecule has 5 heteroatoms. The maximum atomic E-state index is 13.4. The van der Waals surface area contributed by atoms with E-state index in [2.05, 4.69) is 0 Å². The normalized spacial score (nSPS) is 30.9. The lowest BCUT2D eigenvalue weighted by atomic mass is 9.77. The minimum Gasteiger partial charge on any atom is -0.550 e. The molecule has 2 fully saturated rings. The first kappa shape index (κ1) is 16.3. The molecule has 3 aliphatic heterocycles. The first-order valence-corrected chi connectivity index (χ1v) is 9.09. The molecule has 3 aliphatic rings. The quantitative estimate of drug-likeness (QED) is 0.771. The molecular weight excluding hydrogens is 342 g/mol. The summed E-state index contributed by atoms with van der Waals surface area (Å²) >= 11 is 0. The van der Waals surface area contributed by atoms with Crippen molar-refractivity contribution in [1.82, 2.24) is 4.90 Å². The van der Waals surface area contributed by atoms with E-state index in [1.54, 1.807) is 11.0 Å². The number of aliphatic carboxylic acids is 1. The van der Waals surface area contributed by atoms with Gasteiger partial charge in [-0.05, 0) is 11.1 Å². The summed E-state index contributed by atoms with van der Waals surface area (Å²) in [6.07, 6.45) is 3.05. The third-order valence-corrected chi connectivity index (χ3v) is 5.94. The zero-order chi connectivity index (χ0) is 18.6. The monoisotopic (exact) mass is 360 g/mol. The highest BCUT2D eigenvalue weighted by Crippen LogP contribution is 2.53. The van der Waals surface area contributed by atoms with Gasteiger partial charge in [-0.2, -0.15) is 0 Å². The van der Waals surface area contributed by atoms with Crippen LogP contribution in [0, 0.1) is 11.8 Å². The van der Waals surface area contributed by atoms with Crippen LogP contribution < -0.4 is 5.11 Å². The van der Waals surface area contributed by atoms with Gasteiger partial charge in [0.05, 0.1) is 24.6 Å². The van der Waals surface area contributed by atoms with E-state index in [9.17, 15) is 14.7 Å². The lowest BCUT2D eigenvalue weighted by molar-refractivity contribution is -0.313. The van der Waals surface area contributed by atoms with E-state index in [4.69, 9.17) is 4.74 Å². The van der Waals surface area contributed by atoms with E-state index in [1.807, 2.05) is 66.7 Å². The number of fused-ring (bicyclic) bond motifs is 1. The molecular formula is C22H18NO4-. The average Bonchev–Trinajstić information content (AvgIpc) is 3.32. The zero-order valence-electron chi connectivity index (χ0n) is 14.5. The van der Waals surface area contributed by atoms with Crippen molar-refractivity contribution in [2.45, 2.75) is 17.7 Å². The summed E-state index contributed by atoms with van der Waals surface area (Å²) in [5.74, 6) is -3.07. The Balaban J connectivity index is 1.59. The van der Waals surface area contributed by atoms with Gasteiger partial charge in [0.2, 0.25) is 5.91 Å². The second-order valence-electron chi connectivity index (χ2n) is 7.41. The molecule has 0 aliphatic carbocycles. The van der Waals surface area contributed by atoms with Crippen molar-refractivity contribution in [1.29, 1.82) is 0 Å². The molecule has 27 heavy (non-hydrogen) atoms. The standard InChI is InChI=1S/C22H19NO4/c24-20-18-17(21(25)26)16-11-12-22(18,27-16)13-23(20)19(14-7-3-1-4-8-14)15-9-5-2-6-10-15/h1-12,16-19H,13H2,(H,25,26)/p-1/t16-,17-,18-,22+/m0/s1. The molecule has 0 unspecified atom stereocenters. The van der Waals surface area contributed by atoms with Gasteiger partial charge in [-0.25, -0.2) is 0 Å². The molecule has 1 spiro atoms. The molecule has 0 aromatic heterocycles. The van der Waals surface area contributed by atoms with Crippen LogP contribution in [-0.4, -0.2) is 35.0 Å². The second kappa shape index (κ2) is 5.79. The molecule has 0 saturated carbocycles. The maximum absolute atomic E-state index is 13.4. The van der Waals surface area contributed by atoms with Crippen LogP contribution in [0.5, 0.6) is 0 Å². The van der Waals surface area contributed by atoms with Crippen molar-refractivity contribution in [3.05, 3.63) is 83.9 Å². The van der Waals surface area contributed by atoms with Gasteiger partial charge in [-0.15, -0.1) is 0 Å². The minimum absolute atomic E-state index is 0.186. The predicted octanol–water partition coefficient (Wildman–Crippen LogP) is 1.31. The van der Waals surface area contributed by atoms with Crippen LogP contribution in [0.1, 0.15) is 17.2 Å². The van der Waals surface area contributed by atoms with Crippen LogP contribution in [0.15, 0.2) is 72.8 Å². The fourth-order valence-electron chi connectivity index (χ4n) is 4.84. The van der Waals surface area contributed by atoms with Crippen molar-refractivity contribution < 1.29 is 19.4 Å². The van der Waals surface area contributed by atoms with E-state index >= 15 is 0 Å². The van der Waals surface area contributed by atoms with Crippen LogP contribution in [0.3, 0.4) is 0 Å². The summed E-state index contributed by atoms with van der Waals surface area (Å²) in [7, 11) is 0. The van der Waals surface area contributed by atoms with Gasteiger partial charge in [0.1, 0.15) is 5.60 Å². The van der Waals surface area contributed by atoms with E-state index in [0.29, 0.717) is 6.54 Å². The van der Waals surface area contributed by atoms with Crippen LogP contribution in [0.2, 0.25) is 0 Å². The molecule has 5 rings (SSSR count). The molecule has 0 radical (unpaired) electrons. The van der Waals surface area contributed by atoms with Crippen LogP contribution in [-0.2, 0) is 14.3 Å². The number of likely N-dealkylation sites (tertiary alicyclic amines) is 1. The van der Waals surface area contributed by atoms with Gasteiger partial charge in [-0.1, -0.05) is 72.8 Å². The summed E-state index contributed by atoms with van der Waals surface area (Å²) < 4.78 is 5.99. The Bertz CT molecular complexity index is 886. The number of rotatable bonds is 4. The van der Waals surface area contributed by atoms with Crippen LogP contribution in [0.4, 0.5) is 0 Å². The van der Waals surface area contributed by atoms with Crippen LogP contribution >= 0.6 is 0 Å². The number of carbonyl (C=O) groups is 2. The number of hydrogen-bond acceptors (Lipinski definition) is 4. The Labute approximate surface area is 156 Å². The van der Waals surface area contributed by atoms with Crippen molar-refractivity contribution in [2.24, 2.45) is 11.8 Å². The van der Waals surface area contributed by atoms with Crippen molar-refractivity contribution >= 4 is 11.9 Å². The predicted molar refractivity (Wildman–Crippen MR) is 95.2 cm³/mol. The lowest BCUT2D eigenvalue weighted by Crippen LogP contribution is -2.45. The number of benzene rings is 2. The van der Waals surface area contributed by atoms with Gasteiger partial charge < -0.3 is 19.5 Å². The summed E-state index contributed by atoms with van der Waals surface area (Å²) in [6, 6.07) is 19.3. The summed E-state index contributed by atoms with van der Waals surface area (Å²) in [4.78, 5) is 26.9. The Morgan fingerprint density at radius 3 is 2.22 bits per heavy atom. The third-order valence-electron chi connectivity index (χ3n) is 5.94. The summed E-state index contributed by atoms with van der Waals surface area (Å²) in [6.45, 7) is 0.335. The minimum atomic E-state index is -1.22. The highest BCUT2D eigenvalue weighted by atomic mass is 16.5. The molecule has 2 aromatic carbocycles. The molecule has 0 N–H and O–H groups in total. The largest absolute Gasteiger partial charge is 0.550 e. The third kappa shape index (κ3) is 2.28. The topological polar surface area (TPSA) is 69.7 Å². The molecule has 3 heterocycles.